The minimum atomic E-state index is -0.953. The van der Waals surface area contributed by atoms with Crippen LogP contribution in [0.25, 0.3) is 0 Å². The van der Waals surface area contributed by atoms with Crippen LogP contribution in [0.3, 0.4) is 0 Å². The van der Waals surface area contributed by atoms with E-state index in [1.165, 1.54) is 6.07 Å². The summed E-state index contributed by atoms with van der Waals surface area (Å²) < 4.78 is 5.13. The van der Waals surface area contributed by atoms with Crippen LogP contribution in [0.5, 0.6) is 0 Å². The number of carbonyl (C=O) groups is 1. The molecule has 2 atom stereocenters. The third kappa shape index (κ3) is 2.00. The molecule has 0 bridgehead atoms. The Hall–Kier alpha value is -1.39. The molecule has 1 aliphatic rings. The number of hydrogen-bond donors (Lipinski definition) is 2. The summed E-state index contributed by atoms with van der Waals surface area (Å²) in [7, 11) is 0. The molecule has 0 radical (unpaired) electrons. The van der Waals surface area contributed by atoms with Crippen LogP contribution in [-0.4, -0.2) is 35.5 Å². The second kappa shape index (κ2) is 4.00. The van der Waals surface area contributed by atoms with Crippen LogP contribution in [0.2, 0.25) is 0 Å². The van der Waals surface area contributed by atoms with E-state index in [0.717, 1.165) is 5.56 Å². The zero-order valence-electron chi connectivity index (χ0n) is 8.09. The number of rotatable bonds is 2. The Kier molecular flexibility index (Phi) is 2.70. The van der Waals surface area contributed by atoms with Crippen molar-refractivity contribution in [2.75, 3.05) is 13.2 Å². The zero-order valence-corrected chi connectivity index (χ0v) is 8.09. The van der Waals surface area contributed by atoms with E-state index in [1.807, 2.05) is 6.07 Å². The molecule has 0 aromatic heterocycles. The van der Waals surface area contributed by atoms with Crippen molar-refractivity contribution in [3.63, 3.8) is 0 Å². The van der Waals surface area contributed by atoms with Crippen molar-refractivity contribution < 1.29 is 19.7 Å². The molecule has 1 unspecified atom stereocenters. The van der Waals surface area contributed by atoms with Gasteiger partial charge in [-0.3, -0.25) is 0 Å². The number of aliphatic hydroxyl groups excluding tert-OH is 1. The molecular weight excluding hydrogens is 196 g/mol. The number of carboxylic acid groups (broad SMARTS) is 1. The van der Waals surface area contributed by atoms with Gasteiger partial charge < -0.3 is 14.9 Å². The molecule has 1 aromatic rings. The number of ether oxygens (including phenoxy) is 1. The Morgan fingerprint density at radius 2 is 2.20 bits per heavy atom. The maximum Gasteiger partial charge on any atom is 0.335 e. The Labute approximate surface area is 87.1 Å². The summed E-state index contributed by atoms with van der Waals surface area (Å²) in [6, 6.07) is 6.62. The van der Waals surface area contributed by atoms with Crippen molar-refractivity contribution >= 4 is 5.97 Å². The van der Waals surface area contributed by atoms with Gasteiger partial charge in [-0.25, -0.2) is 4.79 Å². The smallest absolute Gasteiger partial charge is 0.335 e. The summed E-state index contributed by atoms with van der Waals surface area (Å²) in [5.41, 5.74) is 1.06. The molecule has 2 N–H and O–H groups in total. The monoisotopic (exact) mass is 208 g/mol. The van der Waals surface area contributed by atoms with Gasteiger partial charge in [0, 0.05) is 5.92 Å². The summed E-state index contributed by atoms with van der Waals surface area (Å²) in [6.45, 7) is 0.770. The molecule has 1 aliphatic heterocycles. The van der Waals surface area contributed by atoms with Crippen LogP contribution in [0.15, 0.2) is 24.3 Å². The van der Waals surface area contributed by atoms with Gasteiger partial charge in [-0.05, 0) is 17.7 Å². The summed E-state index contributed by atoms with van der Waals surface area (Å²) in [5, 5.41) is 18.4. The lowest BCUT2D eigenvalue weighted by Crippen LogP contribution is -2.16. The first kappa shape index (κ1) is 10.1. The van der Waals surface area contributed by atoms with Gasteiger partial charge in [-0.15, -0.1) is 0 Å². The Balaban J connectivity index is 2.28. The first-order valence-electron chi connectivity index (χ1n) is 4.77. The molecule has 1 aromatic carbocycles. The zero-order chi connectivity index (χ0) is 10.8. The van der Waals surface area contributed by atoms with E-state index in [1.54, 1.807) is 12.1 Å². The standard InChI is InChI=1S/C11H12O4/c12-10-6-15-5-9(10)7-2-1-3-8(4-7)11(13)14/h1-4,9-10,12H,5-6H2,(H,13,14)/t9?,10-/m1/s1. The topological polar surface area (TPSA) is 66.8 Å². The lowest BCUT2D eigenvalue weighted by atomic mass is 9.95. The van der Waals surface area contributed by atoms with Crippen molar-refractivity contribution in [1.82, 2.24) is 0 Å². The normalized spacial score (nSPS) is 25.4. The second-order valence-electron chi connectivity index (χ2n) is 3.64. The molecule has 1 fully saturated rings. The van der Waals surface area contributed by atoms with Gasteiger partial charge >= 0.3 is 5.97 Å². The highest BCUT2D eigenvalue weighted by Gasteiger charge is 2.27. The summed E-state index contributed by atoms with van der Waals surface area (Å²) >= 11 is 0. The minimum Gasteiger partial charge on any atom is -0.478 e. The minimum absolute atomic E-state index is 0.107. The number of aliphatic hydroxyl groups is 1. The van der Waals surface area contributed by atoms with Gasteiger partial charge in [0.15, 0.2) is 0 Å². The molecule has 15 heavy (non-hydrogen) atoms. The molecule has 0 amide bonds. The van der Waals surface area contributed by atoms with Crippen LogP contribution in [-0.2, 0) is 4.74 Å². The maximum absolute atomic E-state index is 10.8. The summed E-state index contributed by atoms with van der Waals surface area (Å²) in [5.74, 6) is -1.06. The van der Waals surface area contributed by atoms with E-state index in [4.69, 9.17) is 9.84 Å². The van der Waals surface area contributed by atoms with Gasteiger partial charge in [-0.1, -0.05) is 12.1 Å². The first-order chi connectivity index (χ1) is 7.18. The van der Waals surface area contributed by atoms with Crippen molar-refractivity contribution in [3.05, 3.63) is 35.4 Å². The van der Waals surface area contributed by atoms with Crippen molar-refractivity contribution in [2.24, 2.45) is 0 Å². The van der Waals surface area contributed by atoms with E-state index in [2.05, 4.69) is 0 Å². The maximum atomic E-state index is 10.8. The van der Waals surface area contributed by atoms with Gasteiger partial charge in [0.05, 0.1) is 24.9 Å². The fourth-order valence-corrected chi connectivity index (χ4v) is 1.76. The first-order valence-corrected chi connectivity index (χ1v) is 4.77. The average Bonchev–Trinajstić information content (AvgIpc) is 2.64. The van der Waals surface area contributed by atoms with E-state index in [-0.39, 0.29) is 11.5 Å². The van der Waals surface area contributed by atoms with E-state index < -0.39 is 12.1 Å². The third-order valence-corrected chi connectivity index (χ3v) is 2.61. The Morgan fingerprint density at radius 1 is 1.40 bits per heavy atom. The molecule has 4 heteroatoms. The number of aromatic carboxylic acids is 1. The molecular formula is C11H12O4. The fourth-order valence-electron chi connectivity index (χ4n) is 1.76. The molecule has 4 nitrogen and oxygen atoms in total. The average molecular weight is 208 g/mol. The quantitative estimate of drug-likeness (QED) is 0.756. The highest BCUT2D eigenvalue weighted by molar-refractivity contribution is 5.87. The van der Waals surface area contributed by atoms with Gasteiger partial charge in [0.2, 0.25) is 0 Å². The summed E-state index contributed by atoms with van der Waals surface area (Å²) in [4.78, 5) is 10.8. The van der Waals surface area contributed by atoms with Crippen LogP contribution in [0, 0.1) is 0 Å². The van der Waals surface area contributed by atoms with Crippen LogP contribution < -0.4 is 0 Å². The molecule has 1 saturated heterocycles. The van der Waals surface area contributed by atoms with E-state index >= 15 is 0 Å². The highest BCUT2D eigenvalue weighted by atomic mass is 16.5. The largest absolute Gasteiger partial charge is 0.478 e. The van der Waals surface area contributed by atoms with Crippen molar-refractivity contribution in [3.8, 4) is 0 Å². The van der Waals surface area contributed by atoms with Crippen molar-refractivity contribution in [2.45, 2.75) is 12.0 Å². The second-order valence-corrected chi connectivity index (χ2v) is 3.64. The molecule has 80 valence electrons. The van der Waals surface area contributed by atoms with Gasteiger partial charge in [-0.2, -0.15) is 0 Å². The highest BCUT2D eigenvalue weighted by Crippen LogP contribution is 2.26. The van der Waals surface area contributed by atoms with Crippen LogP contribution in [0.1, 0.15) is 21.8 Å². The number of hydrogen-bond acceptors (Lipinski definition) is 3. The van der Waals surface area contributed by atoms with Crippen LogP contribution >= 0.6 is 0 Å². The molecule has 0 saturated carbocycles. The fraction of sp³-hybridized carbons (Fsp3) is 0.364. The predicted molar refractivity (Wildman–Crippen MR) is 53.0 cm³/mol. The third-order valence-electron chi connectivity index (χ3n) is 2.61. The lowest BCUT2D eigenvalue weighted by molar-refractivity contribution is 0.0696. The lowest BCUT2D eigenvalue weighted by Gasteiger charge is -2.12. The Bertz CT molecular complexity index is 375. The molecule has 0 spiro atoms. The Morgan fingerprint density at radius 3 is 2.80 bits per heavy atom. The van der Waals surface area contributed by atoms with Gasteiger partial charge in [0.1, 0.15) is 0 Å². The van der Waals surface area contributed by atoms with Crippen molar-refractivity contribution in [1.29, 1.82) is 0 Å². The summed E-state index contributed by atoms with van der Waals surface area (Å²) in [6.07, 6.45) is -0.533. The van der Waals surface area contributed by atoms with E-state index in [0.29, 0.717) is 13.2 Å². The predicted octanol–water partition coefficient (Wildman–Crippen LogP) is 0.859. The van der Waals surface area contributed by atoms with E-state index in [9.17, 15) is 9.90 Å². The molecule has 1 heterocycles. The SMILES string of the molecule is O=C(O)c1cccc(C2COC[C@H]2O)c1. The number of benzene rings is 1. The molecule has 2 rings (SSSR count). The van der Waals surface area contributed by atoms with Crippen LogP contribution in [0.4, 0.5) is 0 Å². The van der Waals surface area contributed by atoms with Gasteiger partial charge in [0.25, 0.3) is 0 Å². The number of carboxylic acids is 1. The molecule has 0 aliphatic carbocycles.